The van der Waals surface area contributed by atoms with Gasteiger partial charge >= 0.3 is 5.97 Å². The topological polar surface area (TPSA) is 102 Å². The number of nitrogens with one attached hydrogen (secondary N) is 2. The lowest BCUT2D eigenvalue weighted by atomic mass is 10.2. The van der Waals surface area contributed by atoms with Crippen LogP contribution >= 0.6 is 11.8 Å². The van der Waals surface area contributed by atoms with Crippen LogP contribution < -0.4 is 10.6 Å². The van der Waals surface area contributed by atoms with Crippen molar-refractivity contribution in [3.05, 3.63) is 71.8 Å². The third-order valence-corrected chi connectivity index (χ3v) is 4.62. The molecule has 8 heteroatoms. The summed E-state index contributed by atoms with van der Waals surface area (Å²) in [5.41, 5.74) is 0.0393. The Morgan fingerprint density at radius 3 is 1.97 bits per heavy atom. The van der Waals surface area contributed by atoms with E-state index in [1.165, 1.54) is 0 Å². The van der Waals surface area contributed by atoms with E-state index in [-0.39, 0.29) is 11.7 Å². The Kier molecular flexibility index (Phi) is 8.17. The highest BCUT2D eigenvalue weighted by Crippen LogP contribution is 2.17. The molecule has 2 aromatic rings. The molecule has 0 aliphatic carbocycles. The van der Waals surface area contributed by atoms with Crippen LogP contribution in [-0.4, -0.2) is 40.4 Å². The summed E-state index contributed by atoms with van der Waals surface area (Å²) in [6, 6.07) is 16.7. The van der Waals surface area contributed by atoms with Crippen molar-refractivity contribution in [2.24, 2.45) is 0 Å². The van der Waals surface area contributed by atoms with E-state index in [4.69, 9.17) is 4.74 Å². The predicted molar refractivity (Wildman–Crippen MR) is 115 cm³/mol. The SMILES string of the molecule is CC(C)(C)OC(=O)CNC(=O)C(NC(=O)c1ccccc1)SC(=O)c1ccccc1. The van der Waals surface area contributed by atoms with E-state index in [9.17, 15) is 19.2 Å². The molecule has 2 aromatic carbocycles. The minimum absolute atomic E-state index is 0.343. The fourth-order valence-electron chi connectivity index (χ4n) is 2.32. The van der Waals surface area contributed by atoms with Gasteiger partial charge in [0.25, 0.3) is 11.8 Å². The standard InChI is InChI=1S/C22H24N2O5S/c1-22(2,3)29-17(25)14-23-19(27)20(24-18(26)15-10-6-4-7-11-15)30-21(28)16-12-8-5-9-13-16/h4-13,20H,14H2,1-3H3,(H,23,27)(H,24,26). The molecule has 0 saturated carbocycles. The third kappa shape index (κ3) is 7.71. The lowest BCUT2D eigenvalue weighted by Crippen LogP contribution is -2.47. The maximum atomic E-state index is 12.6. The van der Waals surface area contributed by atoms with Crippen LogP contribution in [0, 0.1) is 0 Å². The average molecular weight is 429 g/mol. The number of rotatable bonds is 7. The van der Waals surface area contributed by atoms with Gasteiger partial charge in [-0.25, -0.2) is 0 Å². The summed E-state index contributed by atoms with van der Waals surface area (Å²) >= 11 is 0.659. The molecule has 158 valence electrons. The van der Waals surface area contributed by atoms with Crippen molar-refractivity contribution >= 4 is 34.7 Å². The van der Waals surface area contributed by atoms with Crippen LogP contribution in [0.3, 0.4) is 0 Å². The number of hydrogen-bond donors (Lipinski definition) is 2. The van der Waals surface area contributed by atoms with Crippen molar-refractivity contribution in [1.29, 1.82) is 0 Å². The molecule has 30 heavy (non-hydrogen) atoms. The van der Waals surface area contributed by atoms with Crippen LogP contribution in [-0.2, 0) is 14.3 Å². The first-order chi connectivity index (χ1) is 14.2. The predicted octanol–water partition coefficient (Wildman–Crippen LogP) is 2.77. The molecule has 0 aromatic heterocycles. The number of ether oxygens (including phenoxy) is 1. The molecule has 2 N–H and O–H groups in total. The first-order valence-corrected chi connectivity index (χ1v) is 10.2. The van der Waals surface area contributed by atoms with Gasteiger partial charge in [0, 0.05) is 11.1 Å². The summed E-state index contributed by atoms with van der Waals surface area (Å²) in [4.78, 5) is 49.6. The number of carbonyl (C=O) groups is 4. The average Bonchev–Trinajstić information content (AvgIpc) is 2.71. The Hall–Kier alpha value is -3.13. The zero-order valence-corrected chi connectivity index (χ0v) is 17.8. The highest BCUT2D eigenvalue weighted by Gasteiger charge is 2.27. The third-order valence-electron chi connectivity index (χ3n) is 3.60. The summed E-state index contributed by atoms with van der Waals surface area (Å²) in [6.45, 7) is 4.76. The van der Waals surface area contributed by atoms with E-state index < -0.39 is 28.8 Å². The number of carbonyl (C=O) groups excluding carboxylic acids is 4. The van der Waals surface area contributed by atoms with Gasteiger partial charge in [-0.05, 0) is 44.7 Å². The molecule has 1 atom stereocenters. The van der Waals surface area contributed by atoms with Crippen LogP contribution in [0.2, 0.25) is 0 Å². The minimum Gasteiger partial charge on any atom is -0.459 e. The van der Waals surface area contributed by atoms with Gasteiger partial charge < -0.3 is 15.4 Å². The normalized spacial score (nSPS) is 11.8. The maximum absolute atomic E-state index is 12.6. The van der Waals surface area contributed by atoms with Crippen molar-refractivity contribution in [2.45, 2.75) is 31.7 Å². The van der Waals surface area contributed by atoms with E-state index in [2.05, 4.69) is 10.6 Å². The molecule has 0 radical (unpaired) electrons. The van der Waals surface area contributed by atoms with Crippen molar-refractivity contribution in [3.8, 4) is 0 Å². The molecule has 0 saturated heterocycles. The van der Waals surface area contributed by atoms with Gasteiger partial charge in [-0.1, -0.05) is 48.5 Å². The van der Waals surface area contributed by atoms with Gasteiger partial charge in [0.1, 0.15) is 12.1 Å². The zero-order chi connectivity index (χ0) is 22.1. The second kappa shape index (κ2) is 10.6. The fraction of sp³-hybridized carbons (Fsp3) is 0.273. The Morgan fingerprint density at radius 2 is 1.43 bits per heavy atom. The largest absolute Gasteiger partial charge is 0.459 e. The molecule has 0 spiro atoms. The Labute approximate surface area is 179 Å². The first kappa shape index (κ1) is 23.2. The highest BCUT2D eigenvalue weighted by molar-refractivity contribution is 8.15. The van der Waals surface area contributed by atoms with Gasteiger partial charge in [-0.15, -0.1) is 0 Å². The van der Waals surface area contributed by atoms with Gasteiger partial charge in [-0.2, -0.15) is 0 Å². The molecule has 0 aliphatic heterocycles. The van der Waals surface area contributed by atoms with Crippen molar-refractivity contribution in [3.63, 3.8) is 0 Å². The van der Waals surface area contributed by atoms with Crippen LogP contribution in [0.1, 0.15) is 41.5 Å². The van der Waals surface area contributed by atoms with Gasteiger partial charge in [0.15, 0.2) is 5.37 Å². The zero-order valence-electron chi connectivity index (χ0n) is 17.0. The van der Waals surface area contributed by atoms with Crippen molar-refractivity contribution < 1.29 is 23.9 Å². The first-order valence-electron chi connectivity index (χ1n) is 9.27. The molecular weight excluding hydrogens is 404 g/mol. The van der Waals surface area contributed by atoms with Crippen LogP contribution in [0.5, 0.6) is 0 Å². The number of amides is 2. The van der Waals surface area contributed by atoms with E-state index in [0.717, 1.165) is 0 Å². The second-order valence-corrected chi connectivity index (χ2v) is 8.37. The monoisotopic (exact) mass is 428 g/mol. The molecule has 0 heterocycles. The smallest absolute Gasteiger partial charge is 0.325 e. The van der Waals surface area contributed by atoms with Gasteiger partial charge in [0.2, 0.25) is 5.12 Å². The molecule has 2 amide bonds. The van der Waals surface area contributed by atoms with E-state index in [1.54, 1.807) is 81.4 Å². The number of thioether (sulfide) groups is 1. The maximum Gasteiger partial charge on any atom is 0.325 e. The molecule has 2 rings (SSSR count). The van der Waals surface area contributed by atoms with E-state index in [0.29, 0.717) is 22.9 Å². The Balaban J connectivity index is 2.09. The van der Waals surface area contributed by atoms with E-state index >= 15 is 0 Å². The van der Waals surface area contributed by atoms with Crippen molar-refractivity contribution in [2.75, 3.05) is 6.54 Å². The Morgan fingerprint density at radius 1 is 0.900 bits per heavy atom. The van der Waals surface area contributed by atoms with Crippen LogP contribution in [0.15, 0.2) is 60.7 Å². The summed E-state index contributed by atoms with van der Waals surface area (Å²) in [7, 11) is 0. The number of benzene rings is 2. The minimum atomic E-state index is -1.23. The summed E-state index contributed by atoms with van der Waals surface area (Å²) in [5, 5.41) is 3.35. The van der Waals surface area contributed by atoms with Crippen LogP contribution in [0.25, 0.3) is 0 Å². The number of hydrogen-bond acceptors (Lipinski definition) is 6. The van der Waals surface area contributed by atoms with Crippen molar-refractivity contribution in [1.82, 2.24) is 10.6 Å². The fourth-order valence-corrected chi connectivity index (χ4v) is 3.16. The second-order valence-electron chi connectivity index (χ2n) is 7.30. The summed E-state index contributed by atoms with van der Waals surface area (Å²) in [6.07, 6.45) is 0. The molecule has 0 aliphatic rings. The van der Waals surface area contributed by atoms with Crippen LogP contribution in [0.4, 0.5) is 0 Å². The molecule has 0 fully saturated rings. The summed E-state index contributed by atoms with van der Waals surface area (Å²) < 4.78 is 5.15. The molecular formula is C22H24N2O5S. The lowest BCUT2D eigenvalue weighted by molar-refractivity contribution is -0.154. The quantitative estimate of drug-likeness (QED) is 0.519. The van der Waals surface area contributed by atoms with Gasteiger partial charge in [0.05, 0.1) is 0 Å². The molecule has 7 nitrogen and oxygen atoms in total. The molecule has 1 unspecified atom stereocenters. The van der Waals surface area contributed by atoms with E-state index in [1.807, 2.05) is 0 Å². The van der Waals surface area contributed by atoms with Gasteiger partial charge in [-0.3, -0.25) is 19.2 Å². The Bertz CT molecular complexity index is 841. The molecule has 0 bridgehead atoms. The summed E-state index contributed by atoms with van der Waals surface area (Å²) in [5.74, 6) is -1.82. The lowest BCUT2D eigenvalue weighted by Gasteiger charge is -2.21. The highest BCUT2D eigenvalue weighted by atomic mass is 32.2. The number of esters is 1.